The van der Waals surface area contributed by atoms with Crippen LogP contribution >= 0.6 is 0 Å². The fraction of sp³-hybridized carbons (Fsp3) is 0.467. The summed E-state index contributed by atoms with van der Waals surface area (Å²) in [6, 6.07) is 4.82. The van der Waals surface area contributed by atoms with Crippen molar-refractivity contribution >= 4 is 12.0 Å². The molecule has 0 saturated carbocycles. The second kappa shape index (κ2) is 7.02. The molecule has 1 atom stereocenters. The van der Waals surface area contributed by atoms with Crippen LogP contribution in [0, 0.1) is 5.92 Å². The molecule has 120 valence electrons. The van der Waals surface area contributed by atoms with Gasteiger partial charge in [-0.2, -0.15) is 0 Å². The van der Waals surface area contributed by atoms with Crippen LogP contribution in [0.15, 0.2) is 18.2 Å². The molecule has 0 aliphatic carbocycles. The van der Waals surface area contributed by atoms with Gasteiger partial charge < -0.3 is 24.8 Å². The number of carbonyl (C=O) groups excluding carboxylic acids is 2. The lowest BCUT2D eigenvalue weighted by Gasteiger charge is -2.21. The van der Waals surface area contributed by atoms with Gasteiger partial charge in [0.05, 0.1) is 7.11 Å². The summed E-state index contributed by atoms with van der Waals surface area (Å²) in [6.07, 6.45) is -0.628. The highest BCUT2D eigenvalue weighted by molar-refractivity contribution is 5.85. The van der Waals surface area contributed by atoms with Gasteiger partial charge in [0.1, 0.15) is 6.04 Å². The summed E-state index contributed by atoms with van der Waals surface area (Å²) in [4.78, 5) is 23.5. The third-order valence-corrected chi connectivity index (χ3v) is 3.31. The fourth-order valence-corrected chi connectivity index (χ4v) is 2.07. The van der Waals surface area contributed by atoms with Crippen LogP contribution in [-0.4, -0.2) is 31.9 Å². The van der Waals surface area contributed by atoms with Gasteiger partial charge in [-0.05, 0) is 23.6 Å². The highest BCUT2D eigenvalue weighted by Crippen LogP contribution is 2.32. The van der Waals surface area contributed by atoms with Crippen LogP contribution in [0.1, 0.15) is 19.4 Å². The van der Waals surface area contributed by atoms with Crippen LogP contribution in [0.4, 0.5) is 4.79 Å². The Labute approximate surface area is 128 Å². The van der Waals surface area contributed by atoms with Crippen molar-refractivity contribution in [2.24, 2.45) is 5.92 Å². The Balaban J connectivity index is 1.94. The van der Waals surface area contributed by atoms with Gasteiger partial charge in [0.2, 0.25) is 12.7 Å². The number of benzene rings is 1. The molecule has 0 spiro atoms. The van der Waals surface area contributed by atoms with Gasteiger partial charge in [0.15, 0.2) is 11.5 Å². The monoisotopic (exact) mass is 308 g/mol. The van der Waals surface area contributed by atoms with E-state index in [1.165, 1.54) is 7.11 Å². The topological polar surface area (TPSA) is 85.9 Å². The number of nitrogens with one attached hydrogen (secondary N) is 2. The van der Waals surface area contributed by atoms with E-state index in [9.17, 15) is 9.59 Å². The molecule has 2 N–H and O–H groups in total. The van der Waals surface area contributed by atoms with E-state index in [1.54, 1.807) is 6.07 Å². The van der Waals surface area contributed by atoms with Crippen LogP contribution in [0.2, 0.25) is 0 Å². The molecule has 0 aromatic heterocycles. The Bertz CT molecular complexity index is 559. The van der Waals surface area contributed by atoms with Crippen molar-refractivity contribution < 1.29 is 23.8 Å². The van der Waals surface area contributed by atoms with E-state index in [2.05, 4.69) is 15.4 Å². The SMILES string of the molecule is COC(=O)N[C@H](C(=O)NCc1ccc2c(c1)OCO2)C(C)C. The van der Waals surface area contributed by atoms with E-state index < -0.39 is 12.1 Å². The average Bonchev–Trinajstić information content (AvgIpc) is 2.97. The highest BCUT2D eigenvalue weighted by atomic mass is 16.7. The molecule has 1 heterocycles. The third-order valence-electron chi connectivity index (χ3n) is 3.31. The lowest BCUT2D eigenvalue weighted by Crippen LogP contribution is -2.49. The van der Waals surface area contributed by atoms with Crippen LogP contribution in [0.25, 0.3) is 0 Å². The first kappa shape index (κ1) is 15.9. The quantitative estimate of drug-likeness (QED) is 0.859. The Hall–Kier alpha value is -2.44. The second-order valence-electron chi connectivity index (χ2n) is 5.26. The molecular formula is C15H20N2O5. The molecule has 1 aromatic carbocycles. The minimum atomic E-state index is -0.651. The van der Waals surface area contributed by atoms with E-state index in [1.807, 2.05) is 26.0 Å². The molecular weight excluding hydrogens is 288 g/mol. The van der Waals surface area contributed by atoms with Gasteiger partial charge in [-0.3, -0.25) is 4.79 Å². The van der Waals surface area contributed by atoms with E-state index in [-0.39, 0.29) is 18.6 Å². The van der Waals surface area contributed by atoms with E-state index >= 15 is 0 Å². The molecule has 0 unspecified atom stereocenters. The highest BCUT2D eigenvalue weighted by Gasteiger charge is 2.24. The number of ether oxygens (including phenoxy) is 3. The predicted octanol–water partition coefficient (Wildman–Crippen LogP) is 1.41. The van der Waals surface area contributed by atoms with Gasteiger partial charge in [-0.25, -0.2) is 4.79 Å². The number of amides is 2. The summed E-state index contributed by atoms with van der Waals surface area (Å²) in [5.74, 6) is 1.04. The zero-order chi connectivity index (χ0) is 16.1. The Morgan fingerprint density at radius 2 is 2.00 bits per heavy atom. The average molecular weight is 308 g/mol. The van der Waals surface area contributed by atoms with E-state index in [0.29, 0.717) is 18.0 Å². The van der Waals surface area contributed by atoms with Crippen molar-refractivity contribution in [1.82, 2.24) is 10.6 Å². The summed E-state index contributed by atoms with van der Waals surface area (Å²) in [6.45, 7) is 4.24. The Morgan fingerprint density at radius 3 is 2.68 bits per heavy atom. The van der Waals surface area contributed by atoms with Crippen molar-refractivity contribution in [3.05, 3.63) is 23.8 Å². The van der Waals surface area contributed by atoms with Crippen molar-refractivity contribution in [1.29, 1.82) is 0 Å². The van der Waals surface area contributed by atoms with Gasteiger partial charge >= 0.3 is 6.09 Å². The first-order valence-electron chi connectivity index (χ1n) is 7.02. The number of methoxy groups -OCH3 is 1. The maximum Gasteiger partial charge on any atom is 0.407 e. The first-order valence-corrected chi connectivity index (χ1v) is 7.02. The third kappa shape index (κ3) is 3.81. The van der Waals surface area contributed by atoms with E-state index in [0.717, 1.165) is 5.56 Å². The number of alkyl carbamates (subject to hydrolysis) is 1. The summed E-state index contributed by atoms with van der Waals surface area (Å²) in [7, 11) is 1.26. The van der Waals surface area contributed by atoms with Gasteiger partial charge in [-0.15, -0.1) is 0 Å². The molecule has 0 radical (unpaired) electrons. The molecule has 1 aliphatic rings. The maximum atomic E-state index is 12.2. The smallest absolute Gasteiger partial charge is 0.407 e. The molecule has 1 aromatic rings. The minimum absolute atomic E-state index is 0.0594. The van der Waals surface area contributed by atoms with Crippen molar-refractivity contribution in [2.75, 3.05) is 13.9 Å². The van der Waals surface area contributed by atoms with Crippen LogP contribution in [-0.2, 0) is 16.1 Å². The number of hydrogen-bond donors (Lipinski definition) is 2. The van der Waals surface area contributed by atoms with Crippen LogP contribution in [0.3, 0.4) is 0 Å². The number of carbonyl (C=O) groups is 2. The van der Waals surface area contributed by atoms with Crippen LogP contribution in [0.5, 0.6) is 11.5 Å². The normalized spacial score (nSPS) is 13.6. The standard InChI is InChI=1S/C15H20N2O5/c1-9(2)13(17-15(19)20-3)14(18)16-7-10-4-5-11-12(6-10)22-8-21-11/h4-6,9,13H,7-8H2,1-3H3,(H,16,18)(H,17,19)/t13-/m0/s1. The molecule has 7 heteroatoms. The van der Waals surface area contributed by atoms with E-state index in [4.69, 9.17) is 9.47 Å². The number of fused-ring (bicyclic) bond motifs is 1. The Kier molecular flexibility index (Phi) is 5.08. The Morgan fingerprint density at radius 1 is 1.27 bits per heavy atom. The van der Waals surface area contributed by atoms with Gasteiger partial charge in [0, 0.05) is 6.54 Å². The predicted molar refractivity (Wildman–Crippen MR) is 78.6 cm³/mol. The molecule has 1 aliphatic heterocycles. The zero-order valence-corrected chi connectivity index (χ0v) is 12.8. The second-order valence-corrected chi connectivity index (χ2v) is 5.26. The van der Waals surface area contributed by atoms with Crippen molar-refractivity contribution in [3.63, 3.8) is 0 Å². The summed E-state index contributed by atoms with van der Waals surface area (Å²) >= 11 is 0. The van der Waals surface area contributed by atoms with Gasteiger partial charge in [-0.1, -0.05) is 19.9 Å². The van der Waals surface area contributed by atoms with Crippen LogP contribution < -0.4 is 20.1 Å². The summed E-state index contributed by atoms with van der Waals surface area (Å²) < 4.78 is 15.1. The molecule has 22 heavy (non-hydrogen) atoms. The molecule has 0 bridgehead atoms. The molecule has 0 fully saturated rings. The van der Waals surface area contributed by atoms with Crippen molar-refractivity contribution in [2.45, 2.75) is 26.4 Å². The van der Waals surface area contributed by atoms with Gasteiger partial charge in [0.25, 0.3) is 0 Å². The largest absolute Gasteiger partial charge is 0.454 e. The maximum absolute atomic E-state index is 12.2. The molecule has 2 rings (SSSR count). The molecule has 0 saturated heterocycles. The lowest BCUT2D eigenvalue weighted by molar-refractivity contribution is -0.124. The molecule has 2 amide bonds. The lowest BCUT2D eigenvalue weighted by atomic mass is 10.0. The first-order chi connectivity index (χ1) is 10.5. The summed E-state index contributed by atoms with van der Waals surface area (Å²) in [5.41, 5.74) is 0.887. The minimum Gasteiger partial charge on any atom is -0.454 e. The molecule has 7 nitrogen and oxygen atoms in total. The number of rotatable bonds is 5. The fourth-order valence-electron chi connectivity index (χ4n) is 2.07. The van der Waals surface area contributed by atoms with Crippen molar-refractivity contribution in [3.8, 4) is 11.5 Å². The zero-order valence-electron chi connectivity index (χ0n) is 12.8. The number of hydrogen-bond acceptors (Lipinski definition) is 5. The summed E-state index contributed by atoms with van der Waals surface area (Å²) in [5, 5.41) is 5.32.